The van der Waals surface area contributed by atoms with E-state index in [1.807, 2.05) is 18.2 Å². The summed E-state index contributed by atoms with van der Waals surface area (Å²) in [4.78, 5) is 12.1. The van der Waals surface area contributed by atoms with Crippen molar-refractivity contribution in [3.63, 3.8) is 0 Å². The molecule has 1 N–H and O–H groups in total. The van der Waals surface area contributed by atoms with Gasteiger partial charge in [-0.15, -0.1) is 0 Å². The van der Waals surface area contributed by atoms with E-state index in [-0.39, 0.29) is 12.2 Å². The summed E-state index contributed by atoms with van der Waals surface area (Å²) in [7, 11) is -4.86. The Kier molecular flexibility index (Phi) is 7.86. The van der Waals surface area contributed by atoms with Crippen molar-refractivity contribution in [3.8, 4) is 16.9 Å². The van der Waals surface area contributed by atoms with Crippen LogP contribution in [0.5, 0.6) is 5.75 Å². The van der Waals surface area contributed by atoms with Gasteiger partial charge in [-0.05, 0) is 72.4 Å². The van der Waals surface area contributed by atoms with Crippen molar-refractivity contribution in [1.82, 2.24) is 0 Å². The number of esters is 1. The van der Waals surface area contributed by atoms with Gasteiger partial charge in [-0.2, -0.15) is 8.42 Å². The zero-order valence-corrected chi connectivity index (χ0v) is 19.5. The SMILES string of the molecule is CCOC(=O)C(OS(=O)(=O)O)c1ccc(OCc2cccc(-c3c(C)cccc3C)c2)cc1. The van der Waals surface area contributed by atoms with Crippen LogP contribution in [0.3, 0.4) is 0 Å². The molecule has 0 aliphatic rings. The van der Waals surface area contributed by atoms with Crippen LogP contribution >= 0.6 is 0 Å². The number of rotatable bonds is 9. The molecule has 0 saturated carbocycles. The predicted molar refractivity (Wildman–Crippen MR) is 124 cm³/mol. The number of hydrogen-bond donors (Lipinski definition) is 1. The van der Waals surface area contributed by atoms with Crippen molar-refractivity contribution in [2.45, 2.75) is 33.5 Å². The van der Waals surface area contributed by atoms with Gasteiger partial charge in [0.15, 0.2) is 0 Å². The summed E-state index contributed by atoms with van der Waals surface area (Å²) in [5.74, 6) is -0.405. The molecule has 0 fully saturated rings. The van der Waals surface area contributed by atoms with E-state index in [0.717, 1.165) is 11.1 Å². The molecule has 3 aromatic rings. The van der Waals surface area contributed by atoms with Gasteiger partial charge in [0, 0.05) is 0 Å². The topological polar surface area (TPSA) is 99.1 Å². The second kappa shape index (κ2) is 10.6. The maximum atomic E-state index is 12.1. The highest BCUT2D eigenvalue weighted by Gasteiger charge is 2.28. The summed E-state index contributed by atoms with van der Waals surface area (Å²) in [6.45, 7) is 6.10. The van der Waals surface area contributed by atoms with E-state index in [1.165, 1.54) is 28.8 Å². The smallest absolute Gasteiger partial charge is 0.398 e. The molecule has 0 bridgehead atoms. The molecule has 0 radical (unpaired) electrons. The highest BCUT2D eigenvalue weighted by atomic mass is 32.3. The molecule has 3 aromatic carbocycles. The molecular formula is C25H26O7S. The molecule has 7 nitrogen and oxygen atoms in total. The molecule has 174 valence electrons. The Morgan fingerprint density at radius 3 is 2.21 bits per heavy atom. The zero-order valence-electron chi connectivity index (χ0n) is 18.6. The Labute approximate surface area is 193 Å². The van der Waals surface area contributed by atoms with Crippen molar-refractivity contribution < 1.29 is 31.4 Å². The van der Waals surface area contributed by atoms with Gasteiger partial charge in [-0.25, -0.2) is 8.98 Å². The molecule has 8 heteroatoms. The minimum absolute atomic E-state index is 0.0342. The first-order valence-electron chi connectivity index (χ1n) is 10.4. The first kappa shape index (κ1) is 24.4. The summed E-state index contributed by atoms with van der Waals surface area (Å²) < 4.78 is 46.4. The summed E-state index contributed by atoms with van der Waals surface area (Å²) in [5, 5.41) is 0. The fourth-order valence-corrected chi connectivity index (χ4v) is 4.00. The van der Waals surface area contributed by atoms with Gasteiger partial charge in [0.05, 0.1) is 6.61 Å². The van der Waals surface area contributed by atoms with Crippen LogP contribution < -0.4 is 4.74 Å². The average molecular weight is 471 g/mol. The van der Waals surface area contributed by atoms with Gasteiger partial charge in [0.25, 0.3) is 0 Å². The number of ether oxygens (including phenoxy) is 2. The molecule has 3 rings (SSSR count). The molecule has 1 atom stereocenters. The van der Waals surface area contributed by atoms with Gasteiger partial charge in [0.2, 0.25) is 6.10 Å². The number of hydrogen-bond acceptors (Lipinski definition) is 6. The van der Waals surface area contributed by atoms with Crippen molar-refractivity contribution in [3.05, 3.63) is 89.0 Å². The van der Waals surface area contributed by atoms with Gasteiger partial charge in [-0.1, -0.05) is 48.5 Å². The minimum Gasteiger partial charge on any atom is -0.489 e. The Morgan fingerprint density at radius 2 is 1.61 bits per heavy atom. The van der Waals surface area contributed by atoms with E-state index in [1.54, 1.807) is 19.1 Å². The highest BCUT2D eigenvalue weighted by molar-refractivity contribution is 7.80. The average Bonchev–Trinajstić information content (AvgIpc) is 2.76. The standard InChI is InChI=1S/C25H26O7S/c1-4-30-25(26)24(32-33(27,28)29)20-11-13-22(14-12-20)31-16-19-9-6-10-21(15-19)23-17(2)7-5-8-18(23)3/h5-15,24H,4,16H2,1-3H3,(H,27,28,29). The van der Waals surface area contributed by atoms with Crippen LogP contribution in [0.1, 0.15) is 35.3 Å². The van der Waals surface area contributed by atoms with Crippen LogP contribution in [0.15, 0.2) is 66.7 Å². The van der Waals surface area contributed by atoms with Crippen molar-refractivity contribution in [2.75, 3.05) is 6.61 Å². The zero-order chi connectivity index (χ0) is 24.0. The van der Waals surface area contributed by atoms with Crippen LogP contribution in [-0.2, 0) is 30.7 Å². The van der Waals surface area contributed by atoms with Crippen LogP contribution in [-0.4, -0.2) is 25.5 Å². The maximum absolute atomic E-state index is 12.1. The molecular weight excluding hydrogens is 444 g/mol. The van der Waals surface area contributed by atoms with Crippen molar-refractivity contribution in [2.24, 2.45) is 0 Å². The maximum Gasteiger partial charge on any atom is 0.398 e. The Balaban J connectivity index is 1.73. The summed E-state index contributed by atoms with van der Waals surface area (Å²) in [6, 6.07) is 20.5. The van der Waals surface area contributed by atoms with Crippen LogP contribution in [0, 0.1) is 13.8 Å². The molecule has 0 aliphatic carbocycles. The normalized spacial score (nSPS) is 12.2. The van der Waals surface area contributed by atoms with E-state index < -0.39 is 22.5 Å². The van der Waals surface area contributed by atoms with E-state index in [9.17, 15) is 13.2 Å². The Morgan fingerprint density at radius 1 is 0.970 bits per heavy atom. The molecule has 33 heavy (non-hydrogen) atoms. The third-order valence-electron chi connectivity index (χ3n) is 5.00. The second-order valence-electron chi connectivity index (χ2n) is 7.48. The van der Waals surface area contributed by atoms with E-state index in [0.29, 0.717) is 12.4 Å². The Hall–Kier alpha value is -3.20. The lowest BCUT2D eigenvalue weighted by atomic mass is 9.95. The van der Waals surface area contributed by atoms with Crippen molar-refractivity contribution >= 4 is 16.4 Å². The van der Waals surface area contributed by atoms with Crippen LogP contribution in [0.25, 0.3) is 11.1 Å². The van der Waals surface area contributed by atoms with Gasteiger partial charge in [-0.3, -0.25) is 4.55 Å². The lowest BCUT2D eigenvalue weighted by Gasteiger charge is -2.15. The van der Waals surface area contributed by atoms with E-state index >= 15 is 0 Å². The number of carbonyl (C=O) groups is 1. The number of aryl methyl sites for hydroxylation is 2. The monoisotopic (exact) mass is 470 g/mol. The molecule has 1 unspecified atom stereocenters. The van der Waals surface area contributed by atoms with Gasteiger partial charge in [0.1, 0.15) is 12.4 Å². The molecule has 0 heterocycles. The number of benzene rings is 3. The van der Waals surface area contributed by atoms with Gasteiger partial charge >= 0.3 is 16.4 Å². The fraction of sp³-hybridized carbons (Fsp3) is 0.240. The summed E-state index contributed by atoms with van der Waals surface area (Å²) in [6.07, 6.45) is -1.61. The van der Waals surface area contributed by atoms with Crippen molar-refractivity contribution in [1.29, 1.82) is 0 Å². The first-order valence-corrected chi connectivity index (χ1v) is 11.7. The van der Waals surface area contributed by atoms with Gasteiger partial charge < -0.3 is 9.47 Å². The fourth-order valence-electron chi connectivity index (χ4n) is 3.56. The molecule has 0 saturated heterocycles. The molecule has 0 amide bonds. The summed E-state index contributed by atoms with van der Waals surface area (Å²) >= 11 is 0. The predicted octanol–water partition coefficient (Wildman–Crippen LogP) is 4.97. The lowest BCUT2D eigenvalue weighted by molar-refractivity contribution is -0.152. The number of carbonyl (C=O) groups excluding carboxylic acids is 1. The second-order valence-corrected chi connectivity index (χ2v) is 8.53. The first-order chi connectivity index (χ1) is 15.7. The highest BCUT2D eigenvalue weighted by Crippen LogP contribution is 2.28. The quantitative estimate of drug-likeness (QED) is 0.348. The molecule has 0 aromatic heterocycles. The Bertz CT molecular complexity index is 1200. The third kappa shape index (κ3) is 6.64. The van der Waals surface area contributed by atoms with E-state index in [4.69, 9.17) is 14.0 Å². The largest absolute Gasteiger partial charge is 0.489 e. The third-order valence-corrected chi connectivity index (χ3v) is 5.44. The van der Waals surface area contributed by atoms with Crippen LogP contribution in [0.4, 0.5) is 0 Å². The summed E-state index contributed by atoms with van der Waals surface area (Å²) in [5.41, 5.74) is 5.90. The van der Waals surface area contributed by atoms with Crippen LogP contribution in [0.2, 0.25) is 0 Å². The van der Waals surface area contributed by atoms with E-state index in [2.05, 4.69) is 42.3 Å². The minimum atomic E-state index is -4.86. The lowest BCUT2D eigenvalue weighted by Crippen LogP contribution is -2.22. The molecule has 0 aliphatic heterocycles. The molecule has 0 spiro atoms.